The highest BCUT2D eigenvalue weighted by atomic mass is 35.5. The molecule has 2 nitrogen and oxygen atoms in total. The Balaban J connectivity index is 2.10. The van der Waals surface area contributed by atoms with E-state index in [2.05, 4.69) is 95.0 Å². The maximum Gasteiger partial charge on any atom is 0.0654 e. The normalized spacial score (nSPS) is 16.0. The lowest BCUT2D eigenvalue weighted by molar-refractivity contribution is 0.286. The minimum Gasteiger partial charge on any atom is -0.388 e. The maximum absolute atomic E-state index is 6.14. The van der Waals surface area contributed by atoms with Crippen molar-refractivity contribution in [2.45, 2.75) is 25.8 Å². The molecule has 0 spiro atoms. The number of nitrogens with one attached hydrogen (secondary N) is 1. The fourth-order valence-corrected chi connectivity index (χ4v) is 4.14. The SMILES string of the molecule is C=C(NC)C1=CC=C(C)N([C@@H](c2ccc(P)cc2)[C@H](C)c2ccc(Cl)cc2)C1=C. The molecule has 1 aliphatic heterocycles. The lowest BCUT2D eigenvalue weighted by Gasteiger charge is -2.42. The van der Waals surface area contributed by atoms with Gasteiger partial charge < -0.3 is 10.2 Å². The zero-order valence-electron chi connectivity index (χ0n) is 17.2. The third-order valence-corrected chi connectivity index (χ3v) is 6.16. The van der Waals surface area contributed by atoms with Crippen molar-refractivity contribution in [2.24, 2.45) is 0 Å². The molecule has 0 amide bonds. The Hall–Kier alpha value is -2.28. The van der Waals surface area contributed by atoms with Gasteiger partial charge in [0.2, 0.25) is 0 Å². The maximum atomic E-state index is 6.14. The van der Waals surface area contributed by atoms with Gasteiger partial charge >= 0.3 is 0 Å². The number of nitrogens with zero attached hydrogens (tertiary/aromatic N) is 1. The summed E-state index contributed by atoms with van der Waals surface area (Å²) < 4.78 is 0. The van der Waals surface area contributed by atoms with Gasteiger partial charge in [0, 0.05) is 40.7 Å². The minimum atomic E-state index is 0.0823. The molecule has 29 heavy (non-hydrogen) atoms. The molecule has 0 fully saturated rings. The van der Waals surface area contributed by atoms with E-state index in [-0.39, 0.29) is 12.0 Å². The van der Waals surface area contributed by atoms with Crippen LogP contribution < -0.4 is 10.6 Å². The molecular formula is C25H28ClN2P. The van der Waals surface area contributed by atoms with Gasteiger partial charge in [-0.25, -0.2) is 0 Å². The van der Waals surface area contributed by atoms with Crippen LogP contribution in [-0.4, -0.2) is 11.9 Å². The summed E-state index contributed by atoms with van der Waals surface area (Å²) in [7, 11) is 4.64. The van der Waals surface area contributed by atoms with Gasteiger partial charge in [0.05, 0.1) is 6.04 Å². The number of benzene rings is 2. The molecule has 1 unspecified atom stereocenters. The van der Waals surface area contributed by atoms with E-state index in [1.165, 1.54) is 16.4 Å². The molecule has 0 radical (unpaired) electrons. The molecule has 0 saturated carbocycles. The summed E-state index contributed by atoms with van der Waals surface area (Å²) in [6.07, 6.45) is 4.22. The van der Waals surface area contributed by atoms with Gasteiger partial charge in [0.15, 0.2) is 0 Å². The monoisotopic (exact) mass is 422 g/mol. The van der Waals surface area contributed by atoms with Crippen LogP contribution in [0.25, 0.3) is 0 Å². The summed E-state index contributed by atoms with van der Waals surface area (Å²) in [5, 5.41) is 5.07. The quantitative estimate of drug-likeness (QED) is 0.567. The molecule has 4 heteroatoms. The third kappa shape index (κ3) is 4.50. The van der Waals surface area contributed by atoms with Crippen molar-refractivity contribution in [2.75, 3.05) is 7.05 Å². The predicted molar refractivity (Wildman–Crippen MR) is 129 cm³/mol. The van der Waals surface area contributed by atoms with Crippen LogP contribution in [0.15, 0.2) is 96.5 Å². The van der Waals surface area contributed by atoms with Crippen LogP contribution in [0.4, 0.5) is 0 Å². The Labute approximate surface area is 181 Å². The van der Waals surface area contributed by atoms with E-state index in [4.69, 9.17) is 11.6 Å². The summed E-state index contributed by atoms with van der Waals surface area (Å²) in [6, 6.07) is 16.9. The number of hydrogen-bond donors (Lipinski definition) is 1. The van der Waals surface area contributed by atoms with Crippen molar-refractivity contribution in [1.29, 1.82) is 0 Å². The first-order chi connectivity index (χ1) is 13.8. The van der Waals surface area contributed by atoms with E-state index in [9.17, 15) is 0 Å². The second kappa shape index (κ2) is 9.03. The first-order valence-electron chi connectivity index (χ1n) is 9.68. The van der Waals surface area contributed by atoms with E-state index in [0.717, 1.165) is 27.7 Å². The number of rotatable bonds is 6. The fourth-order valence-electron chi connectivity index (χ4n) is 3.82. The standard InChI is InChI=1S/C25H28ClN2P/c1-16-6-15-24(18(3)27-5)19(4)28(16)25(21-9-13-23(29)14-10-21)17(2)20-7-11-22(26)12-8-20/h6-15,17,25,27H,3-4,29H2,1-2,5H3/t17-,25-/m1/s1. The number of hydrogen-bond acceptors (Lipinski definition) is 2. The molecule has 3 atom stereocenters. The van der Waals surface area contributed by atoms with Gasteiger partial charge in [0.25, 0.3) is 0 Å². The zero-order valence-corrected chi connectivity index (χ0v) is 19.2. The van der Waals surface area contributed by atoms with Crippen molar-refractivity contribution in [3.05, 3.63) is 113 Å². The van der Waals surface area contributed by atoms with Crippen molar-refractivity contribution in [1.82, 2.24) is 10.2 Å². The Morgan fingerprint density at radius 2 is 1.62 bits per heavy atom. The van der Waals surface area contributed by atoms with Crippen LogP contribution in [0.5, 0.6) is 0 Å². The van der Waals surface area contributed by atoms with Gasteiger partial charge in [-0.3, -0.25) is 0 Å². The number of allylic oxidation sites excluding steroid dienone is 3. The summed E-state index contributed by atoms with van der Waals surface area (Å²) in [5.74, 6) is 0.213. The molecule has 3 rings (SSSR count). The van der Waals surface area contributed by atoms with E-state index in [0.29, 0.717) is 0 Å². The lowest BCUT2D eigenvalue weighted by Crippen LogP contribution is -2.33. The van der Waals surface area contributed by atoms with E-state index >= 15 is 0 Å². The highest BCUT2D eigenvalue weighted by Gasteiger charge is 2.32. The topological polar surface area (TPSA) is 15.3 Å². The molecular weight excluding hydrogens is 395 g/mol. The lowest BCUT2D eigenvalue weighted by atomic mass is 9.85. The van der Waals surface area contributed by atoms with Crippen molar-refractivity contribution >= 4 is 26.1 Å². The van der Waals surface area contributed by atoms with Crippen molar-refractivity contribution in [3.8, 4) is 0 Å². The van der Waals surface area contributed by atoms with Crippen LogP contribution in [0, 0.1) is 0 Å². The zero-order chi connectivity index (χ0) is 21.1. The van der Waals surface area contributed by atoms with Gasteiger partial charge in [0.1, 0.15) is 0 Å². The van der Waals surface area contributed by atoms with Gasteiger partial charge in [-0.15, -0.1) is 9.24 Å². The Bertz CT molecular complexity index is 971. The van der Waals surface area contributed by atoms with Crippen LogP contribution in [0.1, 0.15) is 36.9 Å². The van der Waals surface area contributed by atoms with Crippen LogP contribution >= 0.6 is 20.8 Å². The second-order valence-electron chi connectivity index (χ2n) is 7.39. The smallest absolute Gasteiger partial charge is 0.0654 e. The van der Waals surface area contributed by atoms with Gasteiger partial charge in [-0.05, 0) is 47.6 Å². The van der Waals surface area contributed by atoms with E-state index < -0.39 is 0 Å². The largest absolute Gasteiger partial charge is 0.388 e. The highest BCUT2D eigenvalue weighted by molar-refractivity contribution is 7.27. The van der Waals surface area contributed by atoms with Crippen LogP contribution in [0.2, 0.25) is 5.02 Å². The van der Waals surface area contributed by atoms with Crippen LogP contribution in [0.3, 0.4) is 0 Å². The number of likely N-dealkylation sites (N-methyl/N-ethyl adjacent to an activating group) is 1. The molecule has 150 valence electrons. The summed E-state index contributed by atoms with van der Waals surface area (Å²) in [6.45, 7) is 13.0. The predicted octanol–water partition coefficient (Wildman–Crippen LogP) is 6.08. The Kier molecular flexibility index (Phi) is 6.67. The molecule has 0 aromatic heterocycles. The Morgan fingerprint density at radius 3 is 2.21 bits per heavy atom. The summed E-state index contributed by atoms with van der Waals surface area (Å²) >= 11 is 6.14. The molecule has 0 saturated heterocycles. The molecule has 2 aromatic carbocycles. The first-order valence-corrected chi connectivity index (χ1v) is 10.6. The molecule has 1 heterocycles. The second-order valence-corrected chi connectivity index (χ2v) is 8.49. The van der Waals surface area contributed by atoms with Crippen molar-refractivity contribution in [3.63, 3.8) is 0 Å². The molecule has 0 bridgehead atoms. The first kappa shape index (κ1) is 21.4. The molecule has 1 N–H and O–H groups in total. The minimum absolute atomic E-state index is 0.0823. The highest BCUT2D eigenvalue weighted by Crippen LogP contribution is 2.43. The third-order valence-electron chi connectivity index (χ3n) is 5.53. The van der Waals surface area contributed by atoms with E-state index in [1.54, 1.807) is 0 Å². The molecule has 2 aromatic rings. The summed E-state index contributed by atoms with van der Waals surface area (Å²) in [5.41, 5.74) is 6.46. The average Bonchev–Trinajstić information content (AvgIpc) is 2.71. The van der Waals surface area contributed by atoms with Crippen LogP contribution in [-0.2, 0) is 0 Å². The Morgan fingerprint density at radius 1 is 1.03 bits per heavy atom. The molecule has 0 aliphatic carbocycles. The molecule has 1 aliphatic rings. The average molecular weight is 423 g/mol. The van der Waals surface area contributed by atoms with Crippen molar-refractivity contribution < 1.29 is 0 Å². The van der Waals surface area contributed by atoms with Gasteiger partial charge in [-0.1, -0.05) is 68.1 Å². The van der Waals surface area contributed by atoms with Gasteiger partial charge in [-0.2, -0.15) is 0 Å². The summed E-state index contributed by atoms with van der Waals surface area (Å²) in [4.78, 5) is 2.33. The van der Waals surface area contributed by atoms with E-state index in [1.807, 2.05) is 19.2 Å². The number of halogens is 1. The fraction of sp³-hybridized carbons (Fsp3) is 0.200.